The first-order chi connectivity index (χ1) is 12.4. The molecule has 1 fully saturated rings. The van der Waals surface area contributed by atoms with Crippen molar-refractivity contribution in [2.24, 2.45) is 4.99 Å². The van der Waals surface area contributed by atoms with Crippen molar-refractivity contribution in [1.29, 1.82) is 0 Å². The molecule has 0 spiro atoms. The standard InChI is InChI=1S/C17H26F2N4O2S.HI/c1-3-20-17(21-7-12-26(24,25)4-2)23-10-8-22(9-11-23)16-13-14(18)5-6-15(16)19;/h5-6,13H,3-4,7-12H2,1-2H3,(H,20,21);1H. The summed E-state index contributed by atoms with van der Waals surface area (Å²) in [7, 11) is -3.05. The van der Waals surface area contributed by atoms with E-state index >= 15 is 0 Å². The van der Waals surface area contributed by atoms with Crippen molar-refractivity contribution in [2.75, 3.05) is 55.7 Å². The van der Waals surface area contributed by atoms with Gasteiger partial charge in [-0.15, -0.1) is 24.0 Å². The van der Waals surface area contributed by atoms with Gasteiger partial charge in [-0.25, -0.2) is 17.2 Å². The molecule has 27 heavy (non-hydrogen) atoms. The van der Waals surface area contributed by atoms with E-state index in [-0.39, 0.29) is 47.7 Å². The minimum absolute atomic E-state index is 0. The van der Waals surface area contributed by atoms with Crippen molar-refractivity contribution in [3.8, 4) is 0 Å². The number of benzene rings is 1. The molecule has 0 saturated carbocycles. The van der Waals surface area contributed by atoms with E-state index in [2.05, 4.69) is 10.3 Å². The third-order valence-electron chi connectivity index (χ3n) is 4.27. The lowest BCUT2D eigenvalue weighted by molar-refractivity contribution is 0.371. The summed E-state index contributed by atoms with van der Waals surface area (Å²) in [5.41, 5.74) is 0.264. The van der Waals surface area contributed by atoms with Gasteiger partial charge in [-0.3, -0.25) is 4.99 Å². The van der Waals surface area contributed by atoms with E-state index in [0.29, 0.717) is 38.7 Å². The summed E-state index contributed by atoms with van der Waals surface area (Å²) in [5, 5.41) is 3.16. The number of hydrogen-bond acceptors (Lipinski definition) is 4. The number of nitrogens with zero attached hydrogens (tertiary/aromatic N) is 3. The Labute approximate surface area is 177 Å². The number of aliphatic imine (C=N–C) groups is 1. The molecule has 0 amide bonds. The van der Waals surface area contributed by atoms with Crippen molar-refractivity contribution in [2.45, 2.75) is 13.8 Å². The minimum atomic E-state index is -3.05. The molecule has 1 saturated heterocycles. The number of hydrogen-bond donors (Lipinski definition) is 1. The first-order valence-electron chi connectivity index (χ1n) is 8.80. The zero-order chi connectivity index (χ0) is 19.2. The first kappa shape index (κ1) is 23.9. The molecule has 0 radical (unpaired) electrons. The molecule has 0 aliphatic carbocycles. The molecule has 2 rings (SSSR count). The topological polar surface area (TPSA) is 65.0 Å². The van der Waals surface area contributed by atoms with Crippen molar-refractivity contribution >= 4 is 45.5 Å². The fourth-order valence-corrected chi connectivity index (χ4v) is 3.41. The summed E-state index contributed by atoms with van der Waals surface area (Å²) in [6.45, 7) is 6.65. The molecule has 1 aromatic rings. The number of sulfone groups is 1. The SMILES string of the molecule is CCNC(=NCCS(=O)(=O)CC)N1CCN(c2cc(F)ccc2F)CC1.I. The average Bonchev–Trinajstić information content (AvgIpc) is 2.63. The molecule has 0 aromatic heterocycles. The molecule has 10 heteroatoms. The van der Waals surface area contributed by atoms with Crippen LogP contribution in [0.5, 0.6) is 0 Å². The average molecular weight is 516 g/mol. The van der Waals surface area contributed by atoms with Crippen molar-refractivity contribution in [1.82, 2.24) is 10.2 Å². The van der Waals surface area contributed by atoms with Gasteiger partial charge in [-0.2, -0.15) is 0 Å². The lowest BCUT2D eigenvalue weighted by Crippen LogP contribution is -2.52. The number of halogens is 3. The van der Waals surface area contributed by atoms with Crippen LogP contribution in [0.15, 0.2) is 23.2 Å². The summed E-state index contributed by atoms with van der Waals surface area (Å²) in [6, 6.07) is 3.45. The Morgan fingerprint density at radius 3 is 2.44 bits per heavy atom. The van der Waals surface area contributed by atoms with E-state index in [1.54, 1.807) is 11.8 Å². The van der Waals surface area contributed by atoms with Crippen LogP contribution in [-0.2, 0) is 9.84 Å². The van der Waals surface area contributed by atoms with Gasteiger partial charge in [0.1, 0.15) is 11.6 Å². The quantitative estimate of drug-likeness (QED) is 0.357. The van der Waals surface area contributed by atoms with Crippen LogP contribution in [0.2, 0.25) is 0 Å². The second kappa shape index (κ2) is 11.0. The third kappa shape index (κ3) is 7.05. The highest BCUT2D eigenvalue weighted by Crippen LogP contribution is 2.21. The first-order valence-corrected chi connectivity index (χ1v) is 10.6. The van der Waals surface area contributed by atoms with Gasteiger partial charge in [0.15, 0.2) is 15.8 Å². The molecule has 1 aromatic carbocycles. The molecule has 0 atom stereocenters. The van der Waals surface area contributed by atoms with Gasteiger partial charge in [0.05, 0.1) is 18.0 Å². The molecule has 1 N–H and O–H groups in total. The lowest BCUT2D eigenvalue weighted by Gasteiger charge is -2.37. The molecular weight excluding hydrogens is 489 g/mol. The summed E-state index contributed by atoms with van der Waals surface area (Å²) >= 11 is 0. The van der Waals surface area contributed by atoms with Crippen molar-refractivity contribution < 1.29 is 17.2 Å². The van der Waals surface area contributed by atoms with Gasteiger partial charge in [0.25, 0.3) is 0 Å². The summed E-state index contributed by atoms with van der Waals surface area (Å²) in [6.07, 6.45) is 0. The molecule has 1 aliphatic rings. The maximum atomic E-state index is 13.9. The third-order valence-corrected chi connectivity index (χ3v) is 5.95. The lowest BCUT2D eigenvalue weighted by atomic mass is 10.2. The van der Waals surface area contributed by atoms with Crippen LogP contribution in [0.1, 0.15) is 13.8 Å². The van der Waals surface area contributed by atoms with Crippen LogP contribution >= 0.6 is 24.0 Å². The second-order valence-corrected chi connectivity index (χ2v) is 8.51. The summed E-state index contributed by atoms with van der Waals surface area (Å²) in [4.78, 5) is 8.21. The highest BCUT2D eigenvalue weighted by atomic mass is 127. The molecule has 0 bridgehead atoms. The normalized spacial score (nSPS) is 15.5. The van der Waals surface area contributed by atoms with Gasteiger partial charge >= 0.3 is 0 Å². The minimum Gasteiger partial charge on any atom is -0.366 e. The largest absolute Gasteiger partial charge is 0.366 e. The van der Waals surface area contributed by atoms with E-state index in [1.807, 2.05) is 11.8 Å². The Balaban J connectivity index is 0.00000364. The molecule has 1 aliphatic heterocycles. The number of piperazine rings is 1. The molecule has 154 valence electrons. The molecular formula is C17H27F2IN4O2S. The van der Waals surface area contributed by atoms with E-state index in [9.17, 15) is 17.2 Å². The Morgan fingerprint density at radius 1 is 1.19 bits per heavy atom. The maximum Gasteiger partial charge on any atom is 0.194 e. The summed E-state index contributed by atoms with van der Waals surface area (Å²) in [5.74, 6) is -0.122. The Bertz CT molecular complexity index is 738. The van der Waals surface area contributed by atoms with Crippen LogP contribution in [0.3, 0.4) is 0 Å². The highest BCUT2D eigenvalue weighted by Gasteiger charge is 2.22. The Kier molecular flexibility index (Phi) is 9.71. The van der Waals surface area contributed by atoms with Gasteiger partial charge in [-0.05, 0) is 19.1 Å². The highest BCUT2D eigenvalue weighted by molar-refractivity contribution is 14.0. The number of anilines is 1. The predicted octanol–water partition coefficient (Wildman–Crippen LogP) is 2.10. The van der Waals surface area contributed by atoms with Gasteiger partial charge in [0.2, 0.25) is 0 Å². The Hall–Kier alpha value is -1.17. The molecule has 6 nitrogen and oxygen atoms in total. The second-order valence-electron chi connectivity index (χ2n) is 6.04. The van der Waals surface area contributed by atoms with Crippen LogP contribution in [0.4, 0.5) is 14.5 Å². The van der Waals surface area contributed by atoms with E-state index in [1.165, 1.54) is 6.07 Å². The monoisotopic (exact) mass is 516 g/mol. The number of rotatable bonds is 6. The van der Waals surface area contributed by atoms with E-state index in [0.717, 1.165) is 12.1 Å². The smallest absolute Gasteiger partial charge is 0.194 e. The molecule has 1 heterocycles. The van der Waals surface area contributed by atoms with E-state index < -0.39 is 21.5 Å². The predicted molar refractivity (Wildman–Crippen MR) is 116 cm³/mol. The van der Waals surface area contributed by atoms with Crippen molar-refractivity contribution in [3.05, 3.63) is 29.8 Å². The summed E-state index contributed by atoms with van der Waals surface area (Å²) < 4.78 is 50.5. The van der Waals surface area contributed by atoms with Crippen molar-refractivity contribution in [3.63, 3.8) is 0 Å². The van der Waals surface area contributed by atoms with Crippen LogP contribution in [0.25, 0.3) is 0 Å². The van der Waals surface area contributed by atoms with Gasteiger partial charge in [0, 0.05) is 44.5 Å². The number of nitrogens with one attached hydrogen (secondary N) is 1. The van der Waals surface area contributed by atoms with Crippen LogP contribution in [0, 0.1) is 11.6 Å². The fourth-order valence-electron chi connectivity index (χ4n) is 2.75. The zero-order valence-electron chi connectivity index (χ0n) is 15.6. The van der Waals surface area contributed by atoms with E-state index in [4.69, 9.17) is 0 Å². The Morgan fingerprint density at radius 2 is 1.85 bits per heavy atom. The fraction of sp³-hybridized carbons (Fsp3) is 0.588. The zero-order valence-corrected chi connectivity index (χ0v) is 18.8. The van der Waals surface area contributed by atoms with Crippen LogP contribution in [-0.4, -0.2) is 70.1 Å². The van der Waals surface area contributed by atoms with Gasteiger partial charge in [-0.1, -0.05) is 6.92 Å². The number of guanidine groups is 1. The maximum absolute atomic E-state index is 13.9. The molecule has 0 unspecified atom stereocenters. The van der Waals surface area contributed by atoms with Gasteiger partial charge < -0.3 is 15.1 Å². The van der Waals surface area contributed by atoms with Crippen LogP contribution < -0.4 is 10.2 Å².